The summed E-state index contributed by atoms with van der Waals surface area (Å²) in [6.45, 7) is 17.4. The topological polar surface area (TPSA) is 131 Å². The first-order valence-corrected chi connectivity index (χ1v) is 19.4. The van der Waals surface area contributed by atoms with Gasteiger partial charge in [-0.2, -0.15) is 4.98 Å². The molecule has 6 rings (SSSR count). The number of aromatic nitrogens is 2. The van der Waals surface area contributed by atoms with Gasteiger partial charge in [-0.15, -0.1) is 0 Å². The second kappa shape index (κ2) is 13.7. The van der Waals surface area contributed by atoms with Crippen LogP contribution in [0.15, 0.2) is 47.4 Å². The van der Waals surface area contributed by atoms with Crippen LogP contribution in [0.5, 0.6) is 5.88 Å². The average Bonchev–Trinajstić information content (AvgIpc) is 3.03. The average molecular weight is 718 g/mol. The summed E-state index contributed by atoms with van der Waals surface area (Å²) < 4.78 is 42.2. The van der Waals surface area contributed by atoms with E-state index in [1.165, 1.54) is 12.1 Å². The van der Waals surface area contributed by atoms with E-state index in [1.54, 1.807) is 17.0 Å². The van der Waals surface area contributed by atoms with E-state index < -0.39 is 10.0 Å². The molecule has 1 aromatic heterocycles. The van der Waals surface area contributed by atoms with Gasteiger partial charge in [0, 0.05) is 35.8 Å². The summed E-state index contributed by atoms with van der Waals surface area (Å²) in [6.07, 6.45) is 3.45. The third-order valence-electron chi connectivity index (χ3n) is 10.5. The molecule has 2 aliphatic heterocycles. The van der Waals surface area contributed by atoms with Gasteiger partial charge in [-0.25, -0.2) is 22.9 Å². The molecule has 274 valence electrons. The van der Waals surface area contributed by atoms with E-state index in [1.807, 2.05) is 57.7 Å². The van der Waals surface area contributed by atoms with Crippen molar-refractivity contribution in [3.63, 3.8) is 0 Å². The van der Waals surface area contributed by atoms with Crippen molar-refractivity contribution in [3.8, 4) is 17.1 Å². The molecule has 3 heterocycles. The highest BCUT2D eigenvalue weighted by atomic mass is 32.2. The number of nitrogens with one attached hydrogen (secondary N) is 1. The number of ether oxygens (including phenoxy) is 2. The Morgan fingerprint density at radius 2 is 1.69 bits per heavy atom. The summed E-state index contributed by atoms with van der Waals surface area (Å²) in [5.41, 5.74) is 4.29. The van der Waals surface area contributed by atoms with E-state index in [0.717, 1.165) is 42.4 Å². The Morgan fingerprint density at radius 1 is 1.04 bits per heavy atom. The van der Waals surface area contributed by atoms with Crippen LogP contribution in [0.2, 0.25) is 0 Å². The van der Waals surface area contributed by atoms with Gasteiger partial charge in [0.2, 0.25) is 11.8 Å². The fraction of sp³-hybridized carbons (Fsp3) is 0.538. The van der Waals surface area contributed by atoms with Crippen molar-refractivity contribution in [1.82, 2.24) is 19.8 Å². The highest BCUT2D eigenvalue weighted by molar-refractivity contribution is 7.92. The number of amides is 2. The number of anilines is 1. The van der Waals surface area contributed by atoms with E-state index in [9.17, 15) is 18.0 Å². The van der Waals surface area contributed by atoms with Gasteiger partial charge in [-0.05, 0) is 107 Å². The number of carbonyl (C=O) groups excluding carboxylic acids is 2. The number of benzene rings is 2. The Balaban J connectivity index is 1.39. The second-order valence-corrected chi connectivity index (χ2v) is 17.8. The fourth-order valence-electron chi connectivity index (χ4n) is 7.97. The molecule has 1 saturated heterocycles. The fourth-order valence-corrected chi connectivity index (χ4v) is 8.96. The molecule has 11 nitrogen and oxygen atoms in total. The van der Waals surface area contributed by atoms with Crippen LogP contribution < -0.4 is 9.46 Å². The van der Waals surface area contributed by atoms with Crippen LogP contribution in [0, 0.1) is 31.6 Å². The molecule has 2 fully saturated rings. The number of hydrogen-bond acceptors (Lipinski definition) is 8. The number of sulfonamides is 1. The molecule has 1 aliphatic carbocycles. The second-order valence-electron chi connectivity index (χ2n) is 16.1. The Hall–Kier alpha value is -4.19. The normalized spacial score (nSPS) is 20.4. The third-order valence-corrected chi connectivity index (χ3v) is 11.8. The number of rotatable bonds is 4. The first-order valence-electron chi connectivity index (χ1n) is 17.9. The standard InChI is InChI=1S/C39H51N5O6S/c1-24(2)50-37(46)43-17-15-39(16-18-43)21-29(22-39)44-30(20-38(6,7)8)23-49-34-27(5)33(32-25(3)11-9-12-26(32)4)40-36(41-34)42-51(47,48)31-14-10-13-28(19-31)35(44)45/h9-14,19,24,29-30H,15-18,20-23H2,1-8H3,(H,40,41,42)/t30-/m1/s1. The molecule has 4 bridgehead atoms. The van der Waals surface area contributed by atoms with Crippen LogP contribution >= 0.6 is 0 Å². The van der Waals surface area contributed by atoms with Gasteiger partial charge in [-0.3, -0.25) is 4.79 Å². The highest BCUT2D eigenvalue weighted by Gasteiger charge is 2.51. The number of hydrogen-bond donors (Lipinski definition) is 1. The smallest absolute Gasteiger partial charge is 0.410 e. The van der Waals surface area contributed by atoms with Crippen molar-refractivity contribution in [2.45, 2.75) is 111 Å². The summed E-state index contributed by atoms with van der Waals surface area (Å²) in [7, 11) is -4.17. The van der Waals surface area contributed by atoms with Crippen LogP contribution in [-0.4, -0.2) is 78.1 Å². The lowest BCUT2D eigenvalue weighted by Crippen LogP contribution is -2.60. The summed E-state index contributed by atoms with van der Waals surface area (Å²) in [5, 5.41) is 0. The van der Waals surface area contributed by atoms with Gasteiger partial charge in [0.15, 0.2) is 0 Å². The van der Waals surface area contributed by atoms with E-state index in [0.29, 0.717) is 36.3 Å². The van der Waals surface area contributed by atoms with Crippen molar-refractivity contribution in [1.29, 1.82) is 0 Å². The van der Waals surface area contributed by atoms with Gasteiger partial charge in [0.1, 0.15) is 6.61 Å². The molecule has 3 aliphatic rings. The predicted octanol–water partition coefficient (Wildman–Crippen LogP) is 7.30. The largest absolute Gasteiger partial charge is 0.475 e. The summed E-state index contributed by atoms with van der Waals surface area (Å²) in [5.74, 6) is -0.0611. The minimum absolute atomic E-state index is 0.0153. The van der Waals surface area contributed by atoms with E-state index in [4.69, 9.17) is 14.5 Å². The Labute approximate surface area is 302 Å². The molecule has 1 atom stereocenters. The SMILES string of the molecule is Cc1cccc(C)c1-c1nc2nc(c1C)OC[C@@H](CC(C)(C)C)N(C1CC3(CCN(C(=O)OC(C)C)CC3)C1)C(=O)c1cccc(c1)S(=O)(=O)N2. The first kappa shape index (κ1) is 36.6. The Bertz CT molecular complexity index is 1900. The highest BCUT2D eigenvalue weighted by Crippen LogP contribution is 2.52. The number of carbonyl (C=O) groups is 2. The lowest BCUT2D eigenvalue weighted by molar-refractivity contribution is -0.0542. The zero-order chi connectivity index (χ0) is 36.9. The molecule has 1 saturated carbocycles. The molecule has 0 radical (unpaired) electrons. The molecular weight excluding hydrogens is 667 g/mol. The molecule has 3 aromatic rings. The minimum Gasteiger partial charge on any atom is -0.475 e. The molecule has 1 spiro atoms. The summed E-state index contributed by atoms with van der Waals surface area (Å²) in [4.78, 5) is 40.3. The van der Waals surface area contributed by atoms with Crippen LogP contribution in [-0.2, 0) is 14.8 Å². The monoisotopic (exact) mass is 717 g/mol. The molecule has 2 amide bonds. The molecule has 51 heavy (non-hydrogen) atoms. The van der Waals surface area contributed by atoms with Gasteiger partial charge in [-0.1, -0.05) is 45.0 Å². The number of aryl methyl sites for hydroxylation is 2. The number of likely N-dealkylation sites (tertiary alicyclic amines) is 1. The van der Waals surface area contributed by atoms with Crippen LogP contribution in [0.25, 0.3) is 11.3 Å². The minimum atomic E-state index is -4.17. The van der Waals surface area contributed by atoms with E-state index >= 15 is 0 Å². The van der Waals surface area contributed by atoms with Crippen molar-refractivity contribution >= 4 is 28.0 Å². The van der Waals surface area contributed by atoms with Crippen molar-refractivity contribution in [2.24, 2.45) is 10.8 Å². The Kier molecular flexibility index (Phi) is 9.86. The van der Waals surface area contributed by atoms with Crippen molar-refractivity contribution in [2.75, 3.05) is 24.4 Å². The quantitative estimate of drug-likeness (QED) is 0.298. The zero-order valence-corrected chi connectivity index (χ0v) is 31.9. The van der Waals surface area contributed by atoms with E-state index in [2.05, 4.69) is 30.5 Å². The maximum atomic E-state index is 14.7. The maximum Gasteiger partial charge on any atom is 0.410 e. The molecule has 0 unspecified atom stereocenters. The Morgan fingerprint density at radius 3 is 2.31 bits per heavy atom. The lowest BCUT2D eigenvalue weighted by atomic mass is 9.59. The predicted molar refractivity (Wildman–Crippen MR) is 196 cm³/mol. The summed E-state index contributed by atoms with van der Waals surface area (Å²) in [6, 6.07) is 11.8. The molecule has 12 heteroatoms. The van der Waals surface area contributed by atoms with Crippen LogP contribution in [0.1, 0.15) is 93.8 Å². The van der Waals surface area contributed by atoms with Gasteiger partial charge < -0.3 is 19.3 Å². The van der Waals surface area contributed by atoms with Gasteiger partial charge in [0.05, 0.1) is 22.7 Å². The lowest BCUT2D eigenvalue weighted by Gasteiger charge is -2.56. The first-order chi connectivity index (χ1) is 23.9. The zero-order valence-electron chi connectivity index (χ0n) is 31.1. The maximum absolute atomic E-state index is 14.7. The van der Waals surface area contributed by atoms with Crippen molar-refractivity contribution < 1.29 is 27.5 Å². The number of nitrogens with zero attached hydrogens (tertiary/aromatic N) is 4. The molecular formula is C39H51N5O6S. The van der Waals surface area contributed by atoms with Gasteiger partial charge >= 0.3 is 6.09 Å². The van der Waals surface area contributed by atoms with Crippen molar-refractivity contribution in [3.05, 3.63) is 64.7 Å². The van der Waals surface area contributed by atoms with Crippen LogP contribution in [0.4, 0.5) is 10.7 Å². The number of piperidine rings is 1. The molecule has 2 aromatic carbocycles. The van der Waals surface area contributed by atoms with E-state index in [-0.39, 0.29) is 64.3 Å². The van der Waals surface area contributed by atoms with Gasteiger partial charge in [0.25, 0.3) is 15.9 Å². The third kappa shape index (κ3) is 7.71. The summed E-state index contributed by atoms with van der Waals surface area (Å²) >= 11 is 0. The number of fused-ring (bicyclic) bond motifs is 4. The van der Waals surface area contributed by atoms with Crippen LogP contribution in [0.3, 0.4) is 0 Å². The molecule has 1 N–H and O–H groups in total.